The lowest BCUT2D eigenvalue weighted by Crippen LogP contribution is -2.33. The van der Waals surface area contributed by atoms with Gasteiger partial charge in [0, 0.05) is 31.6 Å². The van der Waals surface area contributed by atoms with E-state index in [1.807, 2.05) is 30.3 Å². The smallest absolute Gasteiger partial charge is 0.196 e. The molecule has 3 aromatic rings. The van der Waals surface area contributed by atoms with Crippen molar-refractivity contribution in [2.75, 3.05) is 11.9 Å². The summed E-state index contributed by atoms with van der Waals surface area (Å²) in [5.41, 5.74) is 3.47. The summed E-state index contributed by atoms with van der Waals surface area (Å²) in [7, 11) is 0. The van der Waals surface area contributed by atoms with Crippen molar-refractivity contribution in [2.24, 2.45) is 4.99 Å². The monoisotopic (exact) mass is 530 g/mol. The van der Waals surface area contributed by atoms with Crippen molar-refractivity contribution in [1.82, 2.24) is 20.1 Å². The molecule has 0 spiro atoms. The topological polar surface area (TPSA) is 67.1 Å². The molecule has 31 heavy (non-hydrogen) atoms. The van der Waals surface area contributed by atoms with Crippen molar-refractivity contribution in [2.45, 2.75) is 52.1 Å². The average Bonchev–Trinajstić information content (AvgIpc) is 3.00. The minimum absolute atomic E-state index is 0. The van der Waals surface area contributed by atoms with Gasteiger partial charge in [0.1, 0.15) is 11.6 Å². The molecular weight excluding hydrogens is 499 g/mol. The van der Waals surface area contributed by atoms with E-state index in [-0.39, 0.29) is 24.0 Å². The highest BCUT2D eigenvalue weighted by atomic mass is 127. The van der Waals surface area contributed by atoms with E-state index in [0.29, 0.717) is 6.54 Å². The fourth-order valence-corrected chi connectivity index (χ4v) is 3.68. The summed E-state index contributed by atoms with van der Waals surface area (Å²) in [4.78, 5) is 4.79. The van der Waals surface area contributed by atoms with Gasteiger partial charge in [0.05, 0.1) is 6.54 Å². The number of nitrogens with zero attached hydrogens (tertiary/aromatic N) is 4. The van der Waals surface area contributed by atoms with Crippen LogP contribution in [0.25, 0.3) is 0 Å². The standard InChI is InChI=1S/C24H30N6.HI/c1-19-11-13-20(14-12-19)18-26-24(27-21-8-4-2-5-9-21)25-16-15-23-29-28-22-10-6-3-7-17-30(22)23;/h2,4-5,8-9,11-14H,3,6-7,10,15-18H2,1H3,(H2,25,26,27);1H. The van der Waals surface area contributed by atoms with E-state index in [4.69, 9.17) is 4.99 Å². The number of aromatic nitrogens is 3. The predicted octanol–water partition coefficient (Wildman–Crippen LogP) is 4.73. The zero-order valence-electron chi connectivity index (χ0n) is 18.1. The molecule has 0 saturated heterocycles. The molecule has 0 bridgehead atoms. The molecule has 6 nitrogen and oxygen atoms in total. The Balaban J connectivity index is 0.00000272. The first-order valence-corrected chi connectivity index (χ1v) is 10.8. The highest BCUT2D eigenvalue weighted by Crippen LogP contribution is 2.14. The molecule has 1 aromatic heterocycles. The molecule has 2 heterocycles. The number of hydrogen-bond donors (Lipinski definition) is 2. The fourth-order valence-electron chi connectivity index (χ4n) is 3.68. The summed E-state index contributed by atoms with van der Waals surface area (Å²) in [5, 5.41) is 15.7. The minimum atomic E-state index is 0. The molecule has 0 atom stereocenters. The van der Waals surface area contributed by atoms with Crippen molar-refractivity contribution in [3.8, 4) is 0 Å². The number of para-hydroxylation sites is 1. The van der Waals surface area contributed by atoms with Gasteiger partial charge in [0.2, 0.25) is 0 Å². The summed E-state index contributed by atoms with van der Waals surface area (Å²) >= 11 is 0. The van der Waals surface area contributed by atoms with Crippen LogP contribution in [0.2, 0.25) is 0 Å². The molecule has 7 heteroatoms. The lowest BCUT2D eigenvalue weighted by atomic mass is 10.1. The van der Waals surface area contributed by atoms with Crippen LogP contribution in [0.5, 0.6) is 0 Å². The number of hydrogen-bond acceptors (Lipinski definition) is 3. The molecular formula is C24H31IN6. The SMILES string of the molecule is Cc1ccc(CN=C(NCCc2nnc3n2CCCCC3)Nc2ccccc2)cc1.I. The van der Waals surface area contributed by atoms with Crippen LogP contribution in [0.1, 0.15) is 42.0 Å². The number of aliphatic imine (C=N–C) groups is 1. The Morgan fingerprint density at radius 2 is 1.81 bits per heavy atom. The zero-order valence-corrected chi connectivity index (χ0v) is 20.4. The highest BCUT2D eigenvalue weighted by molar-refractivity contribution is 14.0. The lowest BCUT2D eigenvalue weighted by molar-refractivity contribution is 0.601. The van der Waals surface area contributed by atoms with Gasteiger partial charge in [-0.3, -0.25) is 0 Å². The van der Waals surface area contributed by atoms with E-state index in [1.165, 1.54) is 30.4 Å². The summed E-state index contributed by atoms with van der Waals surface area (Å²) in [6.07, 6.45) is 5.57. The number of nitrogens with one attached hydrogen (secondary N) is 2. The van der Waals surface area contributed by atoms with E-state index in [1.54, 1.807) is 0 Å². The lowest BCUT2D eigenvalue weighted by Gasteiger charge is -2.13. The molecule has 164 valence electrons. The number of anilines is 1. The normalized spacial score (nSPS) is 13.6. The molecule has 0 radical (unpaired) electrons. The van der Waals surface area contributed by atoms with Crippen LogP contribution in [0.3, 0.4) is 0 Å². The van der Waals surface area contributed by atoms with Crippen molar-refractivity contribution in [3.63, 3.8) is 0 Å². The molecule has 0 saturated carbocycles. The van der Waals surface area contributed by atoms with Gasteiger partial charge in [0.15, 0.2) is 5.96 Å². The highest BCUT2D eigenvalue weighted by Gasteiger charge is 2.14. The Bertz CT molecular complexity index is 965. The maximum absolute atomic E-state index is 4.79. The van der Waals surface area contributed by atoms with Crippen LogP contribution in [0, 0.1) is 6.92 Å². The minimum Gasteiger partial charge on any atom is -0.356 e. The molecule has 1 aliphatic rings. The summed E-state index contributed by atoms with van der Waals surface area (Å²) in [6.45, 7) is 4.52. The first-order chi connectivity index (χ1) is 14.8. The summed E-state index contributed by atoms with van der Waals surface area (Å²) < 4.78 is 2.31. The Morgan fingerprint density at radius 3 is 2.61 bits per heavy atom. The second-order valence-corrected chi connectivity index (χ2v) is 7.81. The Kier molecular flexibility index (Phi) is 8.87. The first-order valence-electron chi connectivity index (χ1n) is 10.8. The van der Waals surface area contributed by atoms with E-state index in [2.05, 4.69) is 56.6 Å². The Hall–Kier alpha value is -2.42. The number of fused-ring (bicyclic) bond motifs is 1. The molecule has 1 aliphatic heterocycles. The van der Waals surface area contributed by atoms with Gasteiger partial charge in [-0.15, -0.1) is 34.2 Å². The molecule has 0 amide bonds. The molecule has 0 fully saturated rings. The number of aryl methyl sites for hydroxylation is 2. The average molecular weight is 530 g/mol. The molecule has 0 unspecified atom stereocenters. The van der Waals surface area contributed by atoms with Gasteiger partial charge in [-0.2, -0.15) is 0 Å². The van der Waals surface area contributed by atoms with Crippen LogP contribution >= 0.6 is 24.0 Å². The van der Waals surface area contributed by atoms with Crippen molar-refractivity contribution in [3.05, 3.63) is 77.4 Å². The molecule has 2 aromatic carbocycles. The number of halogens is 1. The quantitative estimate of drug-likeness (QED) is 0.275. The Morgan fingerprint density at radius 1 is 1.00 bits per heavy atom. The van der Waals surface area contributed by atoms with Crippen LogP contribution in [-0.4, -0.2) is 27.3 Å². The van der Waals surface area contributed by atoms with Crippen LogP contribution < -0.4 is 10.6 Å². The molecule has 4 rings (SSSR count). The number of rotatable bonds is 6. The van der Waals surface area contributed by atoms with Crippen LogP contribution in [0.4, 0.5) is 5.69 Å². The van der Waals surface area contributed by atoms with Crippen molar-refractivity contribution >= 4 is 35.6 Å². The fraction of sp³-hybridized carbons (Fsp3) is 0.375. The van der Waals surface area contributed by atoms with Gasteiger partial charge >= 0.3 is 0 Å². The second kappa shape index (κ2) is 11.8. The third kappa shape index (κ3) is 6.78. The van der Waals surface area contributed by atoms with E-state index >= 15 is 0 Å². The zero-order chi connectivity index (χ0) is 20.6. The second-order valence-electron chi connectivity index (χ2n) is 7.81. The Labute approximate surface area is 201 Å². The van der Waals surface area contributed by atoms with E-state index in [0.717, 1.165) is 49.2 Å². The third-order valence-corrected chi connectivity index (χ3v) is 5.40. The number of guanidine groups is 1. The van der Waals surface area contributed by atoms with Gasteiger partial charge in [-0.05, 0) is 37.5 Å². The van der Waals surface area contributed by atoms with Crippen molar-refractivity contribution in [1.29, 1.82) is 0 Å². The van der Waals surface area contributed by atoms with Gasteiger partial charge in [-0.1, -0.05) is 54.4 Å². The van der Waals surface area contributed by atoms with Gasteiger partial charge in [0.25, 0.3) is 0 Å². The number of benzene rings is 2. The van der Waals surface area contributed by atoms with Crippen LogP contribution in [-0.2, 0) is 25.9 Å². The largest absolute Gasteiger partial charge is 0.356 e. The third-order valence-electron chi connectivity index (χ3n) is 5.40. The van der Waals surface area contributed by atoms with Gasteiger partial charge in [-0.25, -0.2) is 4.99 Å². The maximum atomic E-state index is 4.79. The molecule has 0 aliphatic carbocycles. The summed E-state index contributed by atoms with van der Waals surface area (Å²) in [6, 6.07) is 18.6. The van der Waals surface area contributed by atoms with E-state index in [9.17, 15) is 0 Å². The molecule has 2 N–H and O–H groups in total. The maximum Gasteiger partial charge on any atom is 0.196 e. The van der Waals surface area contributed by atoms with Gasteiger partial charge < -0.3 is 15.2 Å². The van der Waals surface area contributed by atoms with Crippen molar-refractivity contribution < 1.29 is 0 Å². The predicted molar refractivity (Wildman–Crippen MR) is 137 cm³/mol. The summed E-state index contributed by atoms with van der Waals surface area (Å²) in [5.74, 6) is 2.98. The van der Waals surface area contributed by atoms with Crippen LogP contribution in [0.15, 0.2) is 59.6 Å². The van der Waals surface area contributed by atoms with E-state index < -0.39 is 0 Å². The first kappa shape index (κ1) is 23.2.